The van der Waals surface area contributed by atoms with E-state index in [2.05, 4.69) is 29.4 Å². The Kier molecular flexibility index (Phi) is 4.21. The SMILES string of the molecule is Cc1cc(C)c(CNC(=O)c2cc3ccccc3c(=O)[nH]2)c(C)c1. The van der Waals surface area contributed by atoms with Crippen LogP contribution in [-0.4, -0.2) is 10.9 Å². The number of nitrogens with one attached hydrogen (secondary N) is 2. The normalized spacial score (nSPS) is 10.8. The molecule has 4 nitrogen and oxygen atoms in total. The summed E-state index contributed by atoms with van der Waals surface area (Å²) in [4.78, 5) is 27.2. The van der Waals surface area contributed by atoms with Crippen LogP contribution in [-0.2, 0) is 6.54 Å². The van der Waals surface area contributed by atoms with Crippen molar-refractivity contribution in [3.63, 3.8) is 0 Å². The fourth-order valence-corrected chi connectivity index (χ4v) is 3.09. The molecule has 0 fully saturated rings. The van der Waals surface area contributed by atoms with Gasteiger partial charge in [0.15, 0.2) is 0 Å². The summed E-state index contributed by atoms with van der Waals surface area (Å²) in [5.74, 6) is -0.280. The second-order valence-corrected chi connectivity index (χ2v) is 6.16. The summed E-state index contributed by atoms with van der Waals surface area (Å²) in [6, 6.07) is 13.1. The Balaban J connectivity index is 1.85. The van der Waals surface area contributed by atoms with Gasteiger partial charge in [-0.05, 0) is 55.0 Å². The second kappa shape index (κ2) is 6.32. The largest absolute Gasteiger partial charge is 0.347 e. The second-order valence-electron chi connectivity index (χ2n) is 6.16. The number of rotatable bonds is 3. The van der Waals surface area contributed by atoms with Gasteiger partial charge in [0.1, 0.15) is 5.69 Å². The van der Waals surface area contributed by atoms with Crippen molar-refractivity contribution in [1.82, 2.24) is 10.3 Å². The molecule has 0 aliphatic rings. The Morgan fingerprint density at radius 1 is 1.04 bits per heavy atom. The molecule has 0 saturated carbocycles. The molecule has 0 atom stereocenters. The van der Waals surface area contributed by atoms with Crippen molar-refractivity contribution in [3.8, 4) is 0 Å². The molecule has 3 aromatic rings. The van der Waals surface area contributed by atoms with E-state index in [1.165, 1.54) is 5.56 Å². The van der Waals surface area contributed by atoms with Crippen LogP contribution in [0.3, 0.4) is 0 Å². The van der Waals surface area contributed by atoms with Crippen LogP contribution in [0.25, 0.3) is 10.8 Å². The first-order valence-corrected chi connectivity index (χ1v) is 7.92. The molecule has 0 aliphatic carbocycles. The van der Waals surface area contributed by atoms with E-state index in [1.807, 2.05) is 26.0 Å². The molecule has 1 heterocycles. The molecular weight excluding hydrogens is 300 g/mol. The smallest absolute Gasteiger partial charge is 0.268 e. The maximum Gasteiger partial charge on any atom is 0.268 e. The first-order valence-electron chi connectivity index (χ1n) is 7.92. The van der Waals surface area contributed by atoms with E-state index in [0.29, 0.717) is 11.9 Å². The number of H-pyrrole nitrogens is 1. The Bertz CT molecular complexity index is 963. The lowest BCUT2D eigenvalue weighted by Crippen LogP contribution is -2.26. The van der Waals surface area contributed by atoms with Crippen molar-refractivity contribution in [2.75, 3.05) is 0 Å². The highest BCUT2D eigenvalue weighted by Gasteiger charge is 2.11. The molecule has 0 unspecified atom stereocenters. The average molecular weight is 320 g/mol. The van der Waals surface area contributed by atoms with E-state index >= 15 is 0 Å². The first-order chi connectivity index (χ1) is 11.5. The summed E-state index contributed by atoms with van der Waals surface area (Å²) in [5, 5.41) is 4.24. The number of fused-ring (bicyclic) bond motifs is 1. The van der Waals surface area contributed by atoms with Crippen LogP contribution in [0.15, 0.2) is 47.3 Å². The van der Waals surface area contributed by atoms with Gasteiger partial charge in [0.05, 0.1) is 0 Å². The third kappa shape index (κ3) is 3.08. The Morgan fingerprint density at radius 2 is 1.71 bits per heavy atom. The molecule has 1 aromatic heterocycles. The molecule has 24 heavy (non-hydrogen) atoms. The van der Waals surface area contributed by atoms with E-state index in [1.54, 1.807) is 18.2 Å². The number of benzene rings is 2. The van der Waals surface area contributed by atoms with Crippen molar-refractivity contribution >= 4 is 16.7 Å². The van der Waals surface area contributed by atoms with Crippen molar-refractivity contribution in [1.29, 1.82) is 0 Å². The van der Waals surface area contributed by atoms with Gasteiger partial charge in [-0.25, -0.2) is 0 Å². The zero-order chi connectivity index (χ0) is 17.3. The van der Waals surface area contributed by atoms with Gasteiger partial charge in [-0.1, -0.05) is 35.9 Å². The molecule has 1 amide bonds. The lowest BCUT2D eigenvalue weighted by Gasteiger charge is -2.12. The summed E-state index contributed by atoms with van der Waals surface area (Å²) in [6.07, 6.45) is 0. The van der Waals surface area contributed by atoms with Crippen LogP contribution in [0, 0.1) is 20.8 Å². The van der Waals surface area contributed by atoms with Gasteiger partial charge in [-0.2, -0.15) is 0 Å². The van der Waals surface area contributed by atoms with Crippen LogP contribution < -0.4 is 10.9 Å². The number of aromatic nitrogens is 1. The van der Waals surface area contributed by atoms with Gasteiger partial charge in [-0.15, -0.1) is 0 Å². The summed E-state index contributed by atoms with van der Waals surface area (Å²) in [7, 11) is 0. The van der Waals surface area contributed by atoms with Gasteiger partial charge < -0.3 is 10.3 Å². The van der Waals surface area contributed by atoms with Gasteiger partial charge in [0, 0.05) is 11.9 Å². The highest BCUT2D eigenvalue weighted by molar-refractivity contribution is 5.96. The van der Waals surface area contributed by atoms with Crippen LogP contribution >= 0.6 is 0 Å². The molecule has 2 aromatic carbocycles. The lowest BCUT2D eigenvalue weighted by atomic mass is 10.00. The molecule has 122 valence electrons. The molecule has 0 radical (unpaired) electrons. The highest BCUT2D eigenvalue weighted by atomic mass is 16.2. The fraction of sp³-hybridized carbons (Fsp3) is 0.200. The highest BCUT2D eigenvalue weighted by Crippen LogP contribution is 2.16. The minimum Gasteiger partial charge on any atom is -0.347 e. The summed E-state index contributed by atoms with van der Waals surface area (Å²) < 4.78 is 0. The zero-order valence-electron chi connectivity index (χ0n) is 14.1. The Hall–Kier alpha value is -2.88. The van der Waals surface area contributed by atoms with Crippen LogP contribution in [0.2, 0.25) is 0 Å². The van der Waals surface area contributed by atoms with Crippen LogP contribution in [0.5, 0.6) is 0 Å². The molecule has 3 rings (SSSR count). The third-order valence-corrected chi connectivity index (χ3v) is 4.26. The van der Waals surface area contributed by atoms with Crippen molar-refractivity contribution in [2.45, 2.75) is 27.3 Å². The van der Waals surface area contributed by atoms with Crippen molar-refractivity contribution in [2.24, 2.45) is 0 Å². The van der Waals surface area contributed by atoms with Crippen molar-refractivity contribution in [3.05, 3.63) is 80.8 Å². The van der Waals surface area contributed by atoms with E-state index in [-0.39, 0.29) is 17.2 Å². The van der Waals surface area contributed by atoms with Gasteiger partial charge in [-0.3, -0.25) is 9.59 Å². The van der Waals surface area contributed by atoms with E-state index < -0.39 is 0 Å². The quantitative estimate of drug-likeness (QED) is 0.777. The molecular formula is C20H20N2O2. The summed E-state index contributed by atoms with van der Waals surface area (Å²) >= 11 is 0. The first kappa shape index (κ1) is 16.0. The maximum absolute atomic E-state index is 12.4. The number of aryl methyl sites for hydroxylation is 3. The predicted molar refractivity (Wildman–Crippen MR) is 96.4 cm³/mol. The Morgan fingerprint density at radius 3 is 2.42 bits per heavy atom. The van der Waals surface area contributed by atoms with E-state index in [0.717, 1.165) is 22.1 Å². The third-order valence-electron chi connectivity index (χ3n) is 4.26. The number of aromatic amines is 1. The number of amides is 1. The maximum atomic E-state index is 12.4. The van der Waals surface area contributed by atoms with Crippen LogP contribution in [0.4, 0.5) is 0 Å². The molecule has 0 bridgehead atoms. The van der Waals surface area contributed by atoms with E-state index in [9.17, 15) is 9.59 Å². The molecule has 0 spiro atoms. The van der Waals surface area contributed by atoms with Crippen molar-refractivity contribution < 1.29 is 4.79 Å². The number of carbonyl (C=O) groups excluding carboxylic acids is 1. The van der Waals surface area contributed by atoms with Gasteiger partial charge in [0.2, 0.25) is 0 Å². The topological polar surface area (TPSA) is 62.0 Å². The van der Waals surface area contributed by atoms with E-state index in [4.69, 9.17) is 0 Å². The monoisotopic (exact) mass is 320 g/mol. The minimum absolute atomic E-state index is 0.249. The average Bonchev–Trinajstić information content (AvgIpc) is 2.53. The number of hydrogen-bond acceptors (Lipinski definition) is 2. The predicted octanol–water partition coefficient (Wildman–Crippen LogP) is 3.38. The summed E-state index contributed by atoms with van der Waals surface area (Å²) in [6.45, 7) is 6.58. The Labute approximate surface area is 140 Å². The van der Waals surface area contributed by atoms with Gasteiger partial charge >= 0.3 is 0 Å². The summed E-state index contributed by atoms with van der Waals surface area (Å²) in [5.41, 5.74) is 4.65. The lowest BCUT2D eigenvalue weighted by molar-refractivity contribution is 0.0946. The minimum atomic E-state index is -0.280. The fourth-order valence-electron chi connectivity index (χ4n) is 3.09. The van der Waals surface area contributed by atoms with Gasteiger partial charge in [0.25, 0.3) is 11.5 Å². The number of carbonyl (C=O) groups is 1. The molecule has 0 aliphatic heterocycles. The standard InChI is InChI=1S/C20H20N2O2/c1-12-8-13(2)17(14(3)9-12)11-21-20(24)18-10-15-6-4-5-7-16(15)19(23)22-18/h4-10H,11H2,1-3H3,(H,21,24)(H,22,23). The van der Waals surface area contributed by atoms with Crippen LogP contribution in [0.1, 0.15) is 32.7 Å². The molecule has 4 heteroatoms. The molecule has 0 saturated heterocycles. The zero-order valence-corrected chi connectivity index (χ0v) is 14.1. The number of pyridine rings is 1. The number of hydrogen-bond donors (Lipinski definition) is 2. The molecule has 2 N–H and O–H groups in total.